The minimum Gasteiger partial charge on any atom is -0.481 e. The summed E-state index contributed by atoms with van der Waals surface area (Å²) in [5.41, 5.74) is 0.179. The number of hydrogen-bond acceptors (Lipinski definition) is 2. The minimum atomic E-state index is -0.902. The van der Waals surface area contributed by atoms with Crippen molar-refractivity contribution < 1.29 is 14.7 Å². The molecule has 1 amide bonds. The van der Waals surface area contributed by atoms with Gasteiger partial charge in [-0.2, -0.15) is 0 Å². The third kappa shape index (κ3) is 4.85. The number of carbonyl (C=O) groups is 2. The number of benzene rings is 1. The molecular weight excluding hydrogens is 278 g/mol. The van der Waals surface area contributed by atoms with E-state index in [-0.39, 0.29) is 18.7 Å². The van der Waals surface area contributed by atoms with E-state index in [0.29, 0.717) is 17.9 Å². The molecule has 0 aliphatic carbocycles. The molecule has 0 fully saturated rings. The van der Waals surface area contributed by atoms with Gasteiger partial charge >= 0.3 is 5.97 Å². The van der Waals surface area contributed by atoms with Crippen LogP contribution < -0.4 is 5.32 Å². The Balaban J connectivity index is 2.71. The number of rotatable bonds is 7. The van der Waals surface area contributed by atoms with Gasteiger partial charge in [0, 0.05) is 10.6 Å². The molecule has 0 unspecified atom stereocenters. The number of carbonyl (C=O) groups excluding carboxylic acids is 1. The number of nitrogens with one attached hydrogen (secondary N) is 1. The highest BCUT2D eigenvalue weighted by atomic mass is 35.5. The molecule has 1 aromatic carbocycles. The van der Waals surface area contributed by atoms with Gasteiger partial charge in [0.1, 0.15) is 0 Å². The lowest BCUT2D eigenvalue weighted by Crippen LogP contribution is -2.49. The number of hydrogen-bond donors (Lipinski definition) is 2. The fraction of sp³-hybridized carbons (Fsp3) is 0.467. The van der Waals surface area contributed by atoms with Crippen LogP contribution in [0, 0.1) is 0 Å². The van der Waals surface area contributed by atoms with E-state index in [1.165, 1.54) is 0 Å². The summed E-state index contributed by atoms with van der Waals surface area (Å²) < 4.78 is 0. The summed E-state index contributed by atoms with van der Waals surface area (Å²) in [7, 11) is 0. The Labute approximate surface area is 124 Å². The van der Waals surface area contributed by atoms with E-state index < -0.39 is 11.5 Å². The Morgan fingerprint density at radius 1 is 1.20 bits per heavy atom. The van der Waals surface area contributed by atoms with Crippen LogP contribution in [0.5, 0.6) is 0 Å². The summed E-state index contributed by atoms with van der Waals surface area (Å²) in [5, 5.41) is 12.5. The van der Waals surface area contributed by atoms with Crippen LogP contribution >= 0.6 is 11.6 Å². The molecule has 0 aliphatic heterocycles. The molecule has 1 rings (SSSR count). The van der Waals surface area contributed by atoms with E-state index in [1.807, 2.05) is 13.8 Å². The van der Waals surface area contributed by atoms with E-state index >= 15 is 0 Å². The van der Waals surface area contributed by atoms with Crippen molar-refractivity contribution in [1.82, 2.24) is 5.32 Å². The summed E-state index contributed by atoms with van der Waals surface area (Å²) in [6.45, 7) is 3.77. The molecule has 0 bridgehead atoms. The Morgan fingerprint density at radius 3 is 2.20 bits per heavy atom. The maximum Gasteiger partial charge on any atom is 0.305 e. The number of amides is 1. The van der Waals surface area contributed by atoms with Gasteiger partial charge in [-0.25, -0.2) is 0 Å². The van der Waals surface area contributed by atoms with E-state index in [0.717, 1.165) is 5.56 Å². The lowest BCUT2D eigenvalue weighted by atomic mass is 9.88. The Hall–Kier alpha value is -1.55. The average molecular weight is 298 g/mol. The van der Waals surface area contributed by atoms with Crippen LogP contribution in [0.4, 0.5) is 0 Å². The zero-order chi connectivity index (χ0) is 15.2. The van der Waals surface area contributed by atoms with Crippen LogP contribution in [0.1, 0.15) is 38.7 Å². The summed E-state index contributed by atoms with van der Waals surface area (Å²) in [4.78, 5) is 23.0. The van der Waals surface area contributed by atoms with Crippen LogP contribution in [0.3, 0.4) is 0 Å². The fourth-order valence-electron chi connectivity index (χ4n) is 2.14. The molecule has 0 saturated carbocycles. The van der Waals surface area contributed by atoms with Crippen molar-refractivity contribution in [3.63, 3.8) is 0 Å². The zero-order valence-corrected chi connectivity index (χ0v) is 12.5. The van der Waals surface area contributed by atoms with Gasteiger partial charge in [-0.1, -0.05) is 37.6 Å². The Kier molecular flexibility index (Phi) is 6.02. The molecule has 110 valence electrons. The maximum absolute atomic E-state index is 12.1. The Morgan fingerprint density at radius 2 is 1.75 bits per heavy atom. The number of carboxylic acids is 1. The van der Waals surface area contributed by atoms with Crippen molar-refractivity contribution in [3.8, 4) is 0 Å². The molecule has 1 aromatic rings. The van der Waals surface area contributed by atoms with E-state index in [2.05, 4.69) is 5.32 Å². The number of aliphatic carboxylic acids is 1. The van der Waals surface area contributed by atoms with Gasteiger partial charge in [0.2, 0.25) is 5.91 Å². The molecule has 0 aromatic heterocycles. The van der Waals surface area contributed by atoms with Gasteiger partial charge in [-0.15, -0.1) is 0 Å². The lowest BCUT2D eigenvalue weighted by molar-refractivity contribution is -0.139. The van der Waals surface area contributed by atoms with Gasteiger partial charge < -0.3 is 10.4 Å². The summed E-state index contributed by atoms with van der Waals surface area (Å²) >= 11 is 5.79. The van der Waals surface area contributed by atoms with Gasteiger partial charge in [-0.05, 0) is 30.5 Å². The third-order valence-corrected chi connectivity index (χ3v) is 3.78. The summed E-state index contributed by atoms with van der Waals surface area (Å²) in [5.74, 6) is -1.07. The van der Waals surface area contributed by atoms with Crippen LogP contribution in [0.2, 0.25) is 5.02 Å². The maximum atomic E-state index is 12.1. The second-order valence-electron chi connectivity index (χ2n) is 4.91. The smallest absolute Gasteiger partial charge is 0.305 e. The van der Waals surface area contributed by atoms with Gasteiger partial charge in [0.25, 0.3) is 0 Å². The van der Waals surface area contributed by atoms with Crippen molar-refractivity contribution in [3.05, 3.63) is 34.9 Å². The molecule has 4 nitrogen and oxygen atoms in total. The summed E-state index contributed by atoms with van der Waals surface area (Å²) in [6.07, 6.45) is 1.33. The minimum absolute atomic E-state index is 0.0631. The highest BCUT2D eigenvalue weighted by Gasteiger charge is 2.30. The first-order valence-corrected chi connectivity index (χ1v) is 7.06. The average Bonchev–Trinajstić information content (AvgIpc) is 2.40. The monoisotopic (exact) mass is 297 g/mol. The standard InChI is InChI=1S/C15H20ClNO3/c1-3-15(4-2,10-14(19)20)17-13(18)9-11-5-7-12(16)8-6-11/h5-8H,3-4,9-10H2,1-2H3,(H,17,18)(H,19,20). The first-order chi connectivity index (χ1) is 9.40. The molecule has 0 aliphatic rings. The van der Waals surface area contributed by atoms with E-state index in [9.17, 15) is 9.59 Å². The van der Waals surface area contributed by atoms with Gasteiger partial charge in [0.05, 0.1) is 12.8 Å². The largest absolute Gasteiger partial charge is 0.481 e. The number of carboxylic acid groups (broad SMARTS) is 1. The van der Waals surface area contributed by atoms with Crippen LogP contribution in [0.15, 0.2) is 24.3 Å². The van der Waals surface area contributed by atoms with Crippen molar-refractivity contribution in [1.29, 1.82) is 0 Å². The lowest BCUT2D eigenvalue weighted by Gasteiger charge is -2.31. The second kappa shape index (κ2) is 7.29. The second-order valence-corrected chi connectivity index (χ2v) is 5.35. The molecule has 2 N–H and O–H groups in total. The predicted molar refractivity (Wildman–Crippen MR) is 78.9 cm³/mol. The number of halogens is 1. The van der Waals surface area contributed by atoms with Crippen LogP contribution in [-0.2, 0) is 16.0 Å². The first kappa shape index (κ1) is 16.5. The highest BCUT2D eigenvalue weighted by Crippen LogP contribution is 2.20. The summed E-state index contributed by atoms with van der Waals surface area (Å²) in [6, 6.07) is 7.04. The molecule has 0 saturated heterocycles. The van der Waals surface area contributed by atoms with Crippen LogP contribution in [0.25, 0.3) is 0 Å². The normalized spacial score (nSPS) is 11.2. The van der Waals surface area contributed by atoms with Crippen molar-refractivity contribution in [2.24, 2.45) is 0 Å². The van der Waals surface area contributed by atoms with Crippen molar-refractivity contribution >= 4 is 23.5 Å². The van der Waals surface area contributed by atoms with Gasteiger partial charge in [0.15, 0.2) is 0 Å². The molecule has 0 spiro atoms. The Bertz CT molecular complexity index is 467. The molecular formula is C15H20ClNO3. The zero-order valence-electron chi connectivity index (χ0n) is 11.8. The first-order valence-electron chi connectivity index (χ1n) is 6.68. The highest BCUT2D eigenvalue weighted by molar-refractivity contribution is 6.30. The SMILES string of the molecule is CCC(CC)(CC(=O)O)NC(=O)Cc1ccc(Cl)cc1. The molecule has 0 atom stereocenters. The molecule has 0 heterocycles. The van der Waals surface area contributed by atoms with Crippen molar-refractivity contribution in [2.75, 3.05) is 0 Å². The molecule has 5 heteroatoms. The predicted octanol–water partition coefficient (Wildman–Crippen LogP) is 3.03. The third-order valence-electron chi connectivity index (χ3n) is 3.53. The van der Waals surface area contributed by atoms with Gasteiger partial charge in [-0.3, -0.25) is 9.59 Å². The topological polar surface area (TPSA) is 66.4 Å². The van der Waals surface area contributed by atoms with Crippen molar-refractivity contribution in [2.45, 2.75) is 45.1 Å². The molecule has 20 heavy (non-hydrogen) atoms. The molecule has 0 radical (unpaired) electrons. The van der Waals surface area contributed by atoms with E-state index in [1.54, 1.807) is 24.3 Å². The van der Waals surface area contributed by atoms with E-state index in [4.69, 9.17) is 16.7 Å². The van der Waals surface area contributed by atoms with Crippen LogP contribution in [-0.4, -0.2) is 22.5 Å². The quantitative estimate of drug-likeness (QED) is 0.813. The fourth-order valence-corrected chi connectivity index (χ4v) is 2.26.